The van der Waals surface area contributed by atoms with Gasteiger partial charge in [-0.25, -0.2) is 13.9 Å². The lowest BCUT2D eigenvalue weighted by Crippen LogP contribution is -2.44. The van der Waals surface area contributed by atoms with Crippen LogP contribution < -0.4 is 0 Å². The van der Waals surface area contributed by atoms with Crippen molar-refractivity contribution in [3.05, 3.63) is 0 Å². The molecule has 2 unspecified atom stereocenters. The molecule has 10 heteroatoms. The summed E-state index contributed by atoms with van der Waals surface area (Å²) < 4.78 is 21.1. The minimum atomic E-state index is -3.53. The molecule has 0 fully saturated rings. The van der Waals surface area contributed by atoms with E-state index in [9.17, 15) is 28.6 Å². The first-order valence-corrected chi connectivity index (χ1v) is 5.38. The summed E-state index contributed by atoms with van der Waals surface area (Å²) in [5.41, 5.74) is -5.10. The Kier molecular flexibility index (Phi) is 4.99. The number of aliphatic carboxylic acids is 3. The molecule has 96 valence electrons. The highest BCUT2D eigenvalue weighted by molar-refractivity contribution is 7.33. The van der Waals surface area contributed by atoms with E-state index in [1.165, 1.54) is 0 Å². The molecule has 4 N–H and O–H groups in total. The minimum absolute atomic E-state index is 1.23. The topological polar surface area (TPSA) is 166 Å². The number of carboxylic acid groups (broad SMARTS) is 3. The molecule has 2 atom stereocenters. The van der Waals surface area contributed by atoms with Crippen LogP contribution in [0, 0.1) is 0 Å². The molecule has 0 aliphatic heterocycles. The van der Waals surface area contributed by atoms with E-state index in [0.717, 1.165) is 0 Å². The fraction of sp³-hybridized carbons (Fsp3) is 0.571. The zero-order valence-corrected chi connectivity index (χ0v) is 9.16. The van der Waals surface area contributed by atoms with Gasteiger partial charge >= 0.3 is 25.6 Å². The quantitative estimate of drug-likeness (QED) is 0.436. The van der Waals surface area contributed by atoms with Crippen LogP contribution in [-0.4, -0.2) is 49.6 Å². The standard InChI is InChI=1S/C7H9O9P/c8-4(9)2-7(14,6(12)13)1-3(5(10)11)17(15)16/h3,14H,1-2H2,(H,8,9)(H,10,11)(H,12,13). The molecule has 17 heavy (non-hydrogen) atoms. The van der Waals surface area contributed by atoms with E-state index >= 15 is 0 Å². The second-order valence-corrected chi connectivity index (χ2v) is 4.44. The Morgan fingerprint density at radius 1 is 1.12 bits per heavy atom. The number of hydrogen-bond acceptors (Lipinski definition) is 6. The highest BCUT2D eigenvalue weighted by Crippen LogP contribution is 2.27. The summed E-state index contributed by atoms with van der Waals surface area (Å²) in [5, 5.41) is 34.9. The summed E-state index contributed by atoms with van der Waals surface area (Å²) in [6, 6.07) is 0. The third-order valence-electron chi connectivity index (χ3n) is 1.91. The second-order valence-electron chi connectivity index (χ2n) is 3.25. The minimum Gasteiger partial charge on any atom is -0.481 e. The maximum atomic E-state index is 10.6. The van der Waals surface area contributed by atoms with Gasteiger partial charge in [0.25, 0.3) is 0 Å². The first-order chi connectivity index (χ1) is 7.60. The van der Waals surface area contributed by atoms with Gasteiger partial charge in [-0.3, -0.25) is 9.59 Å². The zero-order valence-electron chi connectivity index (χ0n) is 8.27. The SMILES string of the molecule is O=C(O)CC(O)(CC(C(=O)O)P(=O)=O)C(=O)O. The molecule has 0 saturated heterocycles. The Hall–Kier alpha value is -1.73. The predicted molar refractivity (Wildman–Crippen MR) is 49.2 cm³/mol. The van der Waals surface area contributed by atoms with Gasteiger partial charge in [0.15, 0.2) is 11.3 Å². The molecule has 0 aromatic heterocycles. The molecule has 0 aromatic carbocycles. The molecule has 0 heterocycles. The molecular formula is C7H9O9P. The Balaban J connectivity index is 5.16. The van der Waals surface area contributed by atoms with Crippen LogP contribution in [0.2, 0.25) is 0 Å². The highest BCUT2D eigenvalue weighted by atomic mass is 31.1. The number of rotatable bonds is 7. The molecule has 0 aliphatic carbocycles. The molecule has 0 amide bonds. The van der Waals surface area contributed by atoms with Crippen molar-refractivity contribution in [3.63, 3.8) is 0 Å². The van der Waals surface area contributed by atoms with Crippen LogP contribution in [0.25, 0.3) is 0 Å². The van der Waals surface area contributed by atoms with Crippen LogP contribution in [0.5, 0.6) is 0 Å². The van der Waals surface area contributed by atoms with Gasteiger partial charge in [-0.05, 0) is 0 Å². The summed E-state index contributed by atoms with van der Waals surface area (Å²) in [4.78, 5) is 31.4. The van der Waals surface area contributed by atoms with Gasteiger partial charge in [0.2, 0.25) is 0 Å². The normalized spacial score (nSPS) is 15.6. The number of carbonyl (C=O) groups is 3. The van der Waals surface area contributed by atoms with Crippen molar-refractivity contribution >= 4 is 25.6 Å². The van der Waals surface area contributed by atoms with Crippen LogP contribution >= 0.6 is 7.68 Å². The fourth-order valence-corrected chi connectivity index (χ4v) is 1.69. The smallest absolute Gasteiger partial charge is 0.336 e. The Labute approximate surface area is 94.5 Å². The first-order valence-electron chi connectivity index (χ1n) is 4.14. The summed E-state index contributed by atoms with van der Waals surface area (Å²) in [7, 11) is -3.53. The van der Waals surface area contributed by atoms with E-state index in [0.29, 0.717) is 0 Å². The number of carboxylic acids is 3. The van der Waals surface area contributed by atoms with Crippen molar-refractivity contribution < 1.29 is 43.9 Å². The van der Waals surface area contributed by atoms with E-state index in [1.54, 1.807) is 0 Å². The monoisotopic (exact) mass is 268 g/mol. The van der Waals surface area contributed by atoms with Gasteiger partial charge < -0.3 is 20.4 Å². The lowest BCUT2D eigenvalue weighted by Gasteiger charge is -2.22. The van der Waals surface area contributed by atoms with Crippen LogP contribution in [0.1, 0.15) is 12.8 Å². The molecule has 0 bridgehead atoms. The van der Waals surface area contributed by atoms with Gasteiger partial charge in [0, 0.05) is 6.42 Å². The van der Waals surface area contributed by atoms with E-state index in [1.807, 2.05) is 0 Å². The van der Waals surface area contributed by atoms with Crippen LogP contribution in [0.4, 0.5) is 0 Å². The second kappa shape index (κ2) is 5.55. The molecule has 9 nitrogen and oxygen atoms in total. The maximum Gasteiger partial charge on any atom is 0.336 e. The van der Waals surface area contributed by atoms with Crippen molar-refractivity contribution in [2.24, 2.45) is 0 Å². The van der Waals surface area contributed by atoms with Crippen LogP contribution in [-0.2, 0) is 23.5 Å². The Morgan fingerprint density at radius 2 is 1.59 bits per heavy atom. The van der Waals surface area contributed by atoms with E-state index in [2.05, 4.69) is 0 Å². The molecule has 0 spiro atoms. The fourth-order valence-electron chi connectivity index (χ4n) is 1.06. The molecule has 0 radical (unpaired) electrons. The van der Waals surface area contributed by atoms with E-state index < -0.39 is 49.7 Å². The molecular weight excluding hydrogens is 259 g/mol. The first kappa shape index (κ1) is 15.3. The average molecular weight is 268 g/mol. The lowest BCUT2D eigenvalue weighted by molar-refractivity contribution is -0.166. The van der Waals surface area contributed by atoms with Gasteiger partial charge in [0.05, 0.1) is 6.42 Å². The van der Waals surface area contributed by atoms with E-state index in [4.69, 9.17) is 15.3 Å². The third kappa shape index (κ3) is 4.33. The summed E-state index contributed by atoms with van der Waals surface area (Å²) in [6.45, 7) is 0. The van der Waals surface area contributed by atoms with Crippen LogP contribution in [0.3, 0.4) is 0 Å². The highest BCUT2D eigenvalue weighted by Gasteiger charge is 2.44. The van der Waals surface area contributed by atoms with Gasteiger partial charge in [-0.1, -0.05) is 0 Å². The molecule has 0 saturated carbocycles. The van der Waals surface area contributed by atoms with Crippen LogP contribution in [0.15, 0.2) is 0 Å². The third-order valence-corrected chi connectivity index (χ3v) is 2.82. The molecule has 0 aromatic rings. The summed E-state index contributed by atoms with van der Waals surface area (Å²) >= 11 is 0. The molecule has 0 rings (SSSR count). The van der Waals surface area contributed by atoms with Gasteiger partial charge in [-0.15, -0.1) is 0 Å². The Bertz CT molecular complexity index is 404. The summed E-state index contributed by atoms with van der Waals surface area (Å²) in [5.74, 6) is -5.55. The van der Waals surface area contributed by atoms with Crippen molar-refractivity contribution in [3.8, 4) is 0 Å². The average Bonchev–Trinajstić information content (AvgIpc) is 2.11. The Morgan fingerprint density at radius 3 is 1.82 bits per heavy atom. The van der Waals surface area contributed by atoms with Gasteiger partial charge in [0.1, 0.15) is 0 Å². The van der Waals surface area contributed by atoms with Crippen molar-refractivity contribution in [1.82, 2.24) is 0 Å². The number of hydrogen-bond donors (Lipinski definition) is 4. The van der Waals surface area contributed by atoms with E-state index in [-0.39, 0.29) is 0 Å². The lowest BCUT2D eigenvalue weighted by atomic mass is 9.93. The predicted octanol–water partition coefficient (Wildman–Crippen LogP) is -0.707. The van der Waals surface area contributed by atoms with Gasteiger partial charge in [-0.2, -0.15) is 0 Å². The maximum absolute atomic E-state index is 10.6. The van der Waals surface area contributed by atoms with Crippen molar-refractivity contribution in [2.45, 2.75) is 24.1 Å². The van der Waals surface area contributed by atoms with Crippen molar-refractivity contribution in [1.29, 1.82) is 0 Å². The number of aliphatic hydroxyl groups is 1. The largest absolute Gasteiger partial charge is 0.481 e. The summed E-state index contributed by atoms with van der Waals surface area (Å²) in [6.07, 6.45) is -2.53. The van der Waals surface area contributed by atoms with Crippen molar-refractivity contribution in [2.75, 3.05) is 0 Å². The zero-order chi connectivity index (χ0) is 13.8. The molecule has 0 aliphatic rings.